The average molecular weight is 1510 g/mol. The first-order chi connectivity index (χ1) is 58.6. The molecule has 18 aromatic carbocycles. The first-order valence-corrected chi connectivity index (χ1v) is 41.5. The number of hydrogen-bond donors (Lipinski definition) is 0. The molecular formula is C116H86N2. The molecule has 118 heavy (non-hydrogen) atoms. The van der Waals surface area contributed by atoms with E-state index in [-0.39, 0.29) is 12.1 Å². The second kappa shape index (κ2) is 32.3. The normalized spacial score (nSPS) is 14.5. The van der Waals surface area contributed by atoms with Gasteiger partial charge in [-0.1, -0.05) is 426 Å². The molecule has 0 spiro atoms. The molecule has 0 aromatic heterocycles. The lowest BCUT2D eigenvalue weighted by atomic mass is 9.63. The minimum atomic E-state index is -0.275. The third kappa shape index (κ3) is 13.2. The van der Waals surface area contributed by atoms with Gasteiger partial charge >= 0.3 is 0 Å². The van der Waals surface area contributed by atoms with Crippen molar-refractivity contribution >= 4 is 55.4 Å². The zero-order valence-electron chi connectivity index (χ0n) is 66.0. The minimum absolute atomic E-state index is 0.190. The van der Waals surface area contributed by atoms with Crippen LogP contribution in [0.15, 0.2) is 472 Å². The van der Waals surface area contributed by atoms with Crippen molar-refractivity contribution in [3.63, 3.8) is 0 Å². The van der Waals surface area contributed by atoms with E-state index >= 15 is 0 Å². The smallest absolute Gasteiger partial charge is 0.0638 e. The van der Waals surface area contributed by atoms with Gasteiger partial charge in [0.05, 0.1) is 12.1 Å². The highest BCUT2D eigenvalue weighted by molar-refractivity contribution is 6.18. The molecule has 0 aliphatic heterocycles. The van der Waals surface area contributed by atoms with Crippen LogP contribution in [0.2, 0.25) is 0 Å². The summed E-state index contributed by atoms with van der Waals surface area (Å²) in [7, 11) is 0. The molecule has 18 aromatic rings. The van der Waals surface area contributed by atoms with E-state index in [1.165, 1.54) is 116 Å². The molecule has 2 aliphatic rings. The van der Waals surface area contributed by atoms with E-state index in [1.54, 1.807) is 0 Å². The van der Waals surface area contributed by atoms with E-state index in [9.17, 15) is 0 Å². The van der Waals surface area contributed by atoms with Crippen molar-refractivity contribution in [2.75, 3.05) is 9.80 Å². The highest BCUT2D eigenvalue weighted by Crippen LogP contribution is 2.64. The van der Waals surface area contributed by atoms with E-state index in [2.05, 4.69) is 472 Å². The zero-order valence-corrected chi connectivity index (χ0v) is 66.0. The Morgan fingerprint density at radius 1 is 0.246 bits per heavy atom. The summed E-state index contributed by atoms with van der Waals surface area (Å²) in [5.41, 5.74) is 36.4. The van der Waals surface area contributed by atoms with E-state index in [0.29, 0.717) is 12.8 Å². The topological polar surface area (TPSA) is 6.48 Å². The summed E-state index contributed by atoms with van der Waals surface area (Å²) in [4.78, 5) is 5.44. The molecule has 20 rings (SSSR count). The number of hydrogen-bond acceptors (Lipinski definition) is 2. The fraction of sp³-hybridized carbons (Fsp3) is 0.0517. The number of rotatable bonds is 20. The van der Waals surface area contributed by atoms with Gasteiger partial charge in [-0.25, -0.2) is 0 Å². The van der Waals surface area contributed by atoms with Crippen LogP contribution in [0, 0.1) is 0 Å². The van der Waals surface area contributed by atoms with Crippen LogP contribution in [-0.2, 0) is 0 Å². The number of anilines is 4. The third-order valence-electron chi connectivity index (χ3n) is 24.2. The maximum absolute atomic E-state index is 2.74. The lowest BCUT2D eigenvalue weighted by molar-refractivity contribution is 0.650. The maximum atomic E-state index is 2.74. The second-order valence-electron chi connectivity index (χ2n) is 30.8. The molecule has 1 saturated carbocycles. The van der Waals surface area contributed by atoms with Crippen molar-refractivity contribution in [2.24, 2.45) is 0 Å². The van der Waals surface area contributed by atoms with Gasteiger partial charge in [0, 0.05) is 33.5 Å². The summed E-state index contributed by atoms with van der Waals surface area (Å²) >= 11 is 0. The fourth-order valence-electron chi connectivity index (χ4n) is 19.1. The fourth-order valence-corrected chi connectivity index (χ4v) is 19.1. The van der Waals surface area contributed by atoms with Gasteiger partial charge in [0.1, 0.15) is 0 Å². The Balaban J connectivity index is 1.07. The Kier molecular flexibility index (Phi) is 19.8. The van der Waals surface area contributed by atoms with E-state index in [0.717, 1.165) is 84.8 Å². The molecule has 0 saturated heterocycles. The summed E-state index contributed by atoms with van der Waals surface area (Å²) in [6, 6.07) is 168. The summed E-state index contributed by atoms with van der Waals surface area (Å²) in [6.45, 7) is 2.46. The molecule has 2 heteroatoms. The summed E-state index contributed by atoms with van der Waals surface area (Å²) in [5, 5.41) is 4.77. The Bertz CT molecular complexity index is 6530. The summed E-state index contributed by atoms with van der Waals surface area (Å²) in [5.74, 6) is 0. The van der Waals surface area contributed by atoms with Crippen LogP contribution in [0.1, 0.15) is 37.3 Å². The van der Waals surface area contributed by atoms with Crippen LogP contribution in [0.25, 0.3) is 144 Å². The number of fused-ring (bicyclic) bond motifs is 2. The number of allylic oxidation sites excluding steroid dienone is 1. The van der Waals surface area contributed by atoms with Crippen molar-refractivity contribution in [3.05, 3.63) is 483 Å². The molecule has 560 valence electrons. The van der Waals surface area contributed by atoms with E-state index < -0.39 is 0 Å². The molecule has 0 bridgehead atoms. The van der Waals surface area contributed by atoms with Crippen LogP contribution in [-0.4, -0.2) is 12.1 Å². The SMILES string of the molecule is CCC(=C1/C(=C(\C2=CC[C@H]2N(c2ccccc2)c2cccc3ccccc23)c2c(-c3ccccc3)c(-c3ccccc3)c(-c3ccccc3)c(-c3ccccc3)c2-c2ccccc2)CC1N(c1ccccc1)c1cccc2ccccc12)c1c(-c2ccccc2)c(-c2ccccc2)c(-c2ccccc2)c(-c2ccccc2)c1-c1ccccc1. The molecule has 0 N–H and O–H groups in total. The van der Waals surface area contributed by atoms with Crippen LogP contribution in [0.4, 0.5) is 22.7 Å². The average Bonchev–Trinajstić information content (AvgIpc) is 0.691. The van der Waals surface area contributed by atoms with Gasteiger partial charge < -0.3 is 9.80 Å². The highest BCUT2D eigenvalue weighted by Gasteiger charge is 2.47. The maximum Gasteiger partial charge on any atom is 0.0638 e. The van der Waals surface area contributed by atoms with Gasteiger partial charge in [0.15, 0.2) is 0 Å². The van der Waals surface area contributed by atoms with Crippen LogP contribution >= 0.6 is 0 Å². The van der Waals surface area contributed by atoms with Crippen LogP contribution < -0.4 is 9.80 Å². The van der Waals surface area contributed by atoms with Crippen LogP contribution in [0.3, 0.4) is 0 Å². The first kappa shape index (κ1) is 72.3. The number of nitrogens with zero attached hydrogens (tertiary/aromatic N) is 2. The lowest BCUT2D eigenvalue weighted by Crippen LogP contribution is -2.44. The van der Waals surface area contributed by atoms with Crippen molar-refractivity contribution in [3.8, 4) is 111 Å². The predicted octanol–water partition coefficient (Wildman–Crippen LogP) is 31.4. The van der Waals surface area contributed by atoms with Crippen molar-refractivity contribution in [1.82, 2.24) is 0 Å². The molecule has 2 atom stereocenters. The van der Waals surface area contributed by atoms with Crippen molar-refractivity contribution in [1.29, 1.82) is 0 Å². The molecule has 0 heterocycles. The molecule has 2 aliphatic carbocycles. The van der Waals surface area contributed by atoms with Crippen molar-refractivity contribution in [2.45, 2.75) is 38.3 Å². The largest absolute Gasteiger partial charge is 0.333 e. The quantitative estimate of drug-likeness (QED) is 0.0750. The molecule has 2 nitrogen and oxygen atoms in total. The Morgan fingerprint density at radius 3 is 0.780 bits per heavy atom. The molecule has 0 radical (unpaired) electrons. The predicted molar refractivity (Wildman–Crippen MR) is 501 cm³/mol. The van der Waals surface area contributed by atoms with Gasteiger partial charge in [-0.2, -0.15) is 0 Å². The molecule has 0 amide bonds. The van der Waals surface area contributed by atoms with Gasteiger partial charge in [0.2, 0.25) is 0 Å². The summed E-state index contributed by atoms with van der Waals surface area (Å²) in [6.07, 6.45) is 4.71. The molecule has 1 unspecified atom stereocenters. The van der Waals surface area contributed by atoms with Gasteiger partial charge in [0.25, 0.3) is 0 Å². The standard InChI is InChI=1S/C116H86N2/c1-2-94(115-109(88-59-27-9-28-60-88)105(84-51-19-5-20-52-84)103(82-47-15-3-16-48-82)106(85-53-21-6-22-54-85)110(115)89-61-29-10-30-62-89)113-98(79-102(113)118(93-71-37-14-38-72-93)100-76-44-68-81-46-40-42-74-96(81)100)114(97-77-78-101(97)117(92-69-35-13-36-70-92)99-75-43-67-80-45-39-41-73-95(80)99)116-111(90-63-31-11-32-64-90)107(86-55-23-7-24-56-86)104(83-49-17-4-18-50-83)108(87-57-25-8-26-58-87)112(116)91-65-33-12-34-66-91/h3-77,101-102H,2,78-79H2,1H3/b113-94?,114-98+/t101-,102?/m1/s1. The van der Waals surface area contributed by atoms with Crippen molar-refractivity contribution < 1.29 is 0 Å². The Morgan fingerprint density at radius 2 is 0.492 bits per heavy atom. The molecule has 1 fully saturated rings. The van der Waals surface area contributed by atoms with E-state index in [1.807, 2.05) is 0 Å². The monoisotopic (exact) mass is 1510 g/mol. The number of benzene rings is 18. The third-order valence-corrected chi connectivity index (χ3v) is 24.2. The van der Waals surface area contributed by atoms with E-state index in [4.69, 9.17) is 0 Å². The van der Waals surface area contributed by atoms with Gasteiger partial charge in [-0.3, -0.25) is 0 Å². The first-order valence-electron chi connectivity index (χ1n) is 41.5. The Labute approximate surface area is 692 Å². The van der Waals surface area contributed by atoms with Gasteiger partial charge in [-0.05, 0) is 217 Å². The Hall–Kier alpha value is -14.7. The van der Waals surface area contributed by atoms with Crippen LogP contribution in [0.5, 0.6) is 0 Å². The van der Waals surface area contributed by atoms with Gasteiger partial charge in [-0.15, -0.1) is 0 Å². The summed E-state index contributed by atoms with van der Waals surface area (Å²) < 4.78 is 0. The highest BCUT2D eigenvalue weighted by atomic mass is 15.2. The minimum Gasteiger partial charge on any atom is -0.333 e. The zero-order chi connectivity index (χ0) is 78.7. The number of para-hydroxylation sites is 2. The second-order valence-corrected chi connectivity index (χ2v) is 30.8. The molecular weight excluding hydrogens is 1420 g/mol. The lowest BCUT2D eigenvalue weighted by Gasteiger charge is -2.49.